The summed E-state index contributed by atoms with van der Waals surface area (Å²) in [4.78, 5) is 0. The van der Waals surface area contributed by atoms with Crippen LogP contribution in [-0.2, 0) is 0 Å². The molecule has 0 bridgehead atoms. The fraction of sp³-hybridized carbons (Fsp3) is 0.538. The average molecular weight is 239 g/mol. The predicted molar refractivity (Wildman–Crippen MR) is 67.6 cm³/mol. The highest BCUT2D eigenvalue weighted by molar-refractivity contribution is 5.44. The summed E-state index contributed by atoms with van der Waals surface area (Å²) in [7, 11) is 3.19. The fourth-order valence-corrected chi connectivity index (χ4v) is 1.88. The molecule has 4 nitrogen and oxygen atoms in total. The van der Waals surface area contributed by atoms with E-state index in [1.165, 1.54) is 0 Å². The quantitative estimate of drug-likeness (QED) is 0.790. The monoisotopic (exact) mass is 239 g/mol. The zero-order valence-corrected chi connectivity index (χ0v) is 10.6. The van der Waals surface area contributed by atoms with E-state index in [1.54, 1.807) is 14.2 Å². The van der Waals surface area contributed by atoms with E-state index in [9.17, 15) is 5.11 Å². The zero-order chi connectivity index (χ0) is 12.8. The molecule has 0 aromatic heterocycles. The molecule has 0 saturated heterocycles. The normalized spacial score (nSPS) is 14.2. The largest absolute Gasteiger partial charge is 0.493 e. The molecule has 0 aliphatic heterocycles. The molecule has 0 aliphatic carbocycles. The van der Waals surface area contributed by atoms with Gasteiger partial charge in [-0.15, -0.1) is 0 Å². The van der Waals surface area contributed by atoms with E-state index in [0.717, 1.165) is 5.56 Å². The highest BCUT2D eigenvalue weighted by Gasteiger charge is 2.19. The van der Waals surface area contributed by atoms with Gasteiger partial charge < -0.3 is 20.3 Å². The van der Waals surface area contributed by atoms with Gasteiger partial charge in [0.2, 0.25) is 0 Å². The average Bonchev–Trinajstić information content (AvgIpc) is 2.38. The molecule has 1 aromatic carbocycles. The minimum absolute atomic E-state index is 0.0696. The van der Waals surface area contributed by atoms with Gasteiger partial charge in [0.25, 0.3) is 0 Å². The van der Waals surface area contributed by atoms with Gasteiger partial charge in [-0.1, -0.05) is 13.0 Å². The van der Waals surface area contributed by atoms with Crippen molar-refractivity contribution in [2.24, 2.45) is 5.73 Å². The molecule has 2 unspecified atom stereocenters. The number of hydrogen-bond donors (Lipinski definition) is 2. The Kier molecular flexibility index (Phi) is 5.25. The SMILES string of the molecule is CCC(O)C(CN)c1ccc(OC)c(OC)c1. The maximum Gasteiger partial charge on any atom is 0.160 e. The summed E-state index contributed by atoms with van der Waals surface area (Å²) in [5.74, 6) is 1.27. The van der Waals surface area contributed by atoms with Crippen LogP contribution >= 0.6 is 0 Å². The van der Waals surface area contributed by atoms with Gasteiger partial charge in [0.1, 0.15) is 0 Å². The van der Waals surface area contributed by atoms with Gasteiger partial charge >= 0.3 is 0 Å². The standard InChI is InChI=1S/C13H21NO3/c1-4-11(15)10(8-14)9-5-6-12(16-2)13(7-9)17-3/h5-7,10-11,15H,4,8,14H2,1-3H3. The van der Waals surface area contributed by atoms with E-state index in [0.29, 0.717) is 24.5 Å². The van der Waals surface area contributed by atoms with Crippen LogP contribution in [0.1, 0.15) is 24.8 Å². The third-order valence-electron chi connectivity index (χ3n) is 2.97. The van der Waals surface area contributed by atoms with Crippen molar-refractivity contribution in [1.29, 1.82) is 0 Å². The van der Waals surface area contributed by atoms with Crippen molar-refractivity contribution in [3.8, 4) is 11.5 Å². The van der Waals surface area contributed by atoms with Crippen LogP contribution in [0.2, 0.25) is 0 Å². The number of methoxy groups -OCH3 is 2. The number of nitrogens with two attached hydrogens (primary N) is 1. The Hall–Kier alpha value is -1.26. The van der Waals surface area contributed by atoms with Crippen molar-refractivity contribution in [2.45, 2.75) is 25.4 Å². The minimum atomic E-state index is -0.432. The van der Waals surface area contributed by atoms with E-state index in [-0.39, 0.29) is 5.92 Å². The number of ether oxygens (including phenoxy) is 2. The first-order chi connectivity index (χ1) is 8.17. The number of rotatable bonds is 6. The van der Waals surface area contributed by atoms with Gasteiger partial charge in [0, 0.05) is 12.5 Å². The summed E-state index contributed by atoms with van der Waals surface area (Å²) >= 11 is 0. The summed E-state index contributed by atoms with van der Waals surface area (Å²) in [6, 6.07) is 5.62. The highest BCUT2D eigenvalue weighted by atomic mass is 16.5. The van der Waals surface area contributed by atoms with Crippen LogP contribution in [-0.4, -0.2) is 32.0 Å². The molecule has 0 fully saturated rings. The Balaban J connectivity index is 3.04. The Morgan fingerprint density at radius 1 is 1.24 bits per heavy atom. The summed E-state index contributed by atoms with van der Waals surface area (Å²) in [5.41, 5.74) is 6.68. The van der Waals surface area contributed by atoms with Crippen LogP contribution in [0.4, 0.5) is 0 Å². The molecule has 17 heavy (non-hydrogen) atoms. The molecule has 4 heteroatoms. The maximum absolute atomic E-state index is 9.91. The van der Waals surface area contributed by atoms with Crippen LogP contribution < -0.4 is 15.2 Å². The van der Waals surface area contributed by atoms with Crippen molar-refractivity contribution in [3.05, 3.63) is 23.8 Å². The van der Waals surface area contributed by atoms with Crippen molar-refractivity contribution < 1.29 is 14.6 Å². The molecule has 2 atom stereocenters. The Morgan fingerprint density at radius 3 is 2.35 bits per heavy atom. The minimum Gasteiger partial charge on any atom is -0.493 e. The second kappa shape index (κ2) is 6.47. The van der Waals surface area contributed by atoms with Crippen LogP contribution in [0, 0.1) is 0 Å². The van der Waals surface area contributed by atoms with E-state index in [1.807, 2.05) is 25.1 Å². The lowest BCUT2D eigenvalue weighted by atomic mass is 9.92. The van der Waals surface area contributed by atoms with E-state index >= 15 is 0 Å². The summed E-state index contributed by atoms with van der Waals surface area (Å²) in [6.07, 6.45) is 0.244. The molecule has 1 aromatic rings. The highest BCUT2D eigenvalue weighted by Crippen LogP contribution is 2.31. The van der Waals surface area contributed by atoms with Gasteiger partial charge in [-0.3, -0.25) is 0 Å². The lowest BCUT2D eigenvalue weighted by Crippen LogP contribution is -2.25. The molecule has 0 heterocycles. The second-order valence-corrected chi connectivity index (χ2v) is 3.93. The Labute approximate surface area is 102 Å². The predicted octanol–water partition coefficient (Wildman–Crippen LogP) is 1.52. The second-order valence-electron chi connectivity index (χ2n) is 3.93. The molecular weight excluding hydrogens is 218 g/mol. The first-order valence-electron chi connectivity index (χ1n) is 5.77. The maximum atomic E-state index is 9.91. The Bertz CT molecular complexity index is 355. The first-order valence-corrected chi connectivity index (χ1v) is 5.77. The molecular formula is C13H21NO3. The third kappa shape index (κ3) is 3.11. The van der Waals surface area contributed by atoms with E-state index < -0.39 is 6.10 Å². The van der Waals surface area contributed by atoms with Crippen LogP contribution in [0.3, 0.4) is 0 Å². The van der Waals surface area contributed by atoms with Crippen LogP contribution in [0.15, 0.2) is 18.2 Å². The van der Waals surface area contributed by atoms with Crippen molar-refractivity contribution in [2.75, 3.05) is 20.8 Å². The first kappa shape index (κ1) is 13.8. The summed E-state index contributed by atoms with van der Waals surface area (Å²) in [5, 5.41) is 9.91. The number of benzene rings is 1. The molecule has 0 amide bonds. The zero-order valence-electron chi connectivity index (χ0n) is 10.6. The molecule has 96 valence electrons. The molecule has 0 radical (unpaired) electrons. The van der Waals surface area contributed by atoms with E-state index in [4.69, 9.17) is 15.2 Å². The van der Waals surface area contributed by atoms with E-state index in [2.05, 4.69) is 0 Å². The lowest BCUT2D eigenvalue weighted by Gasteiger charge is -2.21. The molecule has 1 rings (SSSR count). The number of aliphatic hydroxyl groups excluding tert-OH is 1. The summed E-state index contributed by atoms with van der Waals surface area (Å²) < 4.78 is 10.4. The smallest absolute Gasteiger partial charge is 0.160 e. The van der Waals surface area contributed by atoms with Gasteiger partial charge in [0.05, 0.1) is 20.3 Å². The molecule has 0 spiro atoms. The lowest BCUT2D eigenvalue weighted by molar-refractivity contribution is 0.141. The van der Waals surface area contributed by atoms with Gasteiger partial charge in [-0.25, -0.2) is 0 Å². The summed E-state index contributed by atoms with van der Waals surface area (Å²) in [6.45, 7) is 2.35. The molecule has 0 aliphatic rings. The molecule has 3 N–H and O–H groups in total. The van der Waals surface area contributed by atoms with Gasteiger partial charge in [0.15, 0.2) is 11.5 Å². The Morgan fingerprint density at radius 2 is 1.88 bits per heavy atom. The van der Waals surface area contributed by atoms with Gasteiger partial charge in [-0.05, 0) is 24.1 Å². The third-order valence-corrected chi connectivity index (χ3v) is 2.97. The van der Waals surface area contributed by atoms with Crippen LogP contribution in [0.5, 0.6) is 11.5 Å². The molecule has 0 saturated carbocycles. The number of aliphatic hydroxyl groups is 1. The fourth-order valence-electron chi connectivity index (χ4n) is 1.88. The van der Waals surface area contributed by atoms with Crippen molar-refractivity contribution >= 4 is 0 Å². The van der Waals surface area contributed by atoms with Crippen molar-refractivity contribution in [3.63, 3.8) is 0 Å². The van der Waals surface area contributed by atoms with Gasteiger partial charge in [-0.2, -0.15) is 0 Å². The topological polar surface area (TPSA) is 64.7 Å². The van der Waals surface area contributed by atoms with Crippen molar-refractivity contribution in [1.82, 2.24) is 0 Å². The van der Waals surface area contributed by atoms with Crippen LogP contribution in [0.25, 0.3) is 0 Å². The number of hydrogen-bond acceptors (Lipinski definition) is 4.